The predicted molar refractivity (Wildman–Crippen MR) is 151 cm³/mol. The summed E-state index contributed by atoms with van der Waals surface area (Å²) in [6.07, 6.45) is 0. The Morgan fingerprint density at radius 2 is 0.763 bits per heavy atom. The number of hydrogen-bond acceptors (Lipinski definition) is 7. The fraction of sp³-hybridized carbons (Fsp3) is 0.250. The van der Waals surface area contributed by atoms with Crippen LogP contribution >= 0.6 is 77.4 Å². The fourth-order valence-electron chi connectivity index (χ4n) is 2.79. The van der Waals surface area contributed by atoms with E-state index >= 15 is 0 Å². The first-order chi connectivity index (χ1) is 18.1. The molecule has 0 saturated carbocycles. The normalized spacial score (nSPS) is 11.4. The lowest BCUT2D eigenvalue weighted by molar-refractivity contribution is 0.0807. The minimum Gasteiger partial charge on any atom is -0.490 e. The van der Waals surface area contributed by atoms with Gasteiger partial charge in [-0.15, -0.1) is 0 Å². The van der Waals surface area contributed by atoms with Crippen molar-refractivity contribution in [3.05, 3.63) is 84.7 Å². The predicted octanol–water partition coefficient (Wildman–Crippen LogP) is 9.30. The van der Waals surface area contributed by atoms with Gasteiger partial charge >= 0.3 is 7.82 Å². The number of phosphoric acid groups is 1. The minimum atomic E-state index is -4.04. The van der Waals surface area contributed by atoms with Crippen molar-refractivity contribution >= 4 is 77.4 Å². The summed E-state index contributed by atoms with van der Waals surface area (Å²) in [7, 11) is -4.04. The summed E-state index contributed by atoms with van der Waals surface area (Å²) < 4.78 is 46.1. The average molecular weight is 665 g/mol. The molecule has 7 nitrogen and oxygen atoms in total. The second kappa shape index (κ2) is 15.6. The lowest BCUT2D eigenvalue weighted by atomic mass is 10.3. The largest absolute Gasteiger partial charge is 0.490 e. The molecule has 3 aromatic carbocycles. The summed E-state index contributed by atoms with van der Waals surface area (Å²) in [6.45, 7) is -0.387. The molecule has 0 saturated heterocycles. The molecule has 38 heavy (non-hydrogen) atoms. The van der Waals surface area contributed by atoms with Crippen LogP contribution in [0.2, 0.25) is 30.1 Å². The minimum absolute atomic E-state index is 0.00578. The molecule has 0 bridgehead atoms. The van der Waals surface area contributed by atoms with Crippen LogP contribution in [-0.4, -0.2) is 39.6 Å². The molecule has 14 heteroatoms. The summed E-state index contributed by atoms with van der Waals surface area (Å²) >= 11 is 35.9. The zero-order valence-electron chi connectivity index (χ0n) is 19.5. The molecule has 3 rings (SSSR count). The van der Waals surface area contributed by atoms with Gasteiger partial charge in [0.1, 0.15) is 37.1 Å². The van der Waals surface area contributed by atoms with E-state index in [-0.39, 0.29) is 39.6 Å². The van der Waals surface area contributed by atoms with Crippen molar-refractivity contribution in [1.29, 1.82) is 0 Å². The Morgan fingerprint density at radius 1 is 0.474 bits per heavy atom. The van der Waals surface area contributed by atoms with Gasteiger partial charge in [0, 0.05) is 15.1 Å². The first-order valence-corrected chi connectivity index (χ1v) is 14.7. The molecule has 0 N–H and O–H groups in total. The highest BCUT2D eigenvalue weighted by Crippen LogP contribution is 2.49. The molecule has 0 atom stereocenters. The molecular formula is C24H21Cl6O7P. The maximum Gasteiger partial charge on any atom is 0.475 e. The first kappa shape index (κ1) is 31.4. The van der Waals surface area contributed by atoms with Gasteiger partial charge in [-0.2, -0.15) is 0 Å². The van der Waals surface area contributed by atoms with Crippen LogP contribution < -0.4 is 14.2 Å². The van der Waals surface area contributed by atoms with E-state index in [2.05, 4.69) is 0 Å². The number of hydrogen-bond donors (Lipinski definition) is 0. The highest BCUT2D eigenvalue weighted by molar-refractivity contribution is 7.48. The molecule has 0 fully saturated rings. The van der Waals surface area contributed by atoms with Crippen LogP contribution in [0, 0.1) is 0 Å². The standard InChI is InChI=1S/C24H21Cl6O7P/c25-16-1-4-22(19(28)13-16)32-7-10-35-38(31,36-11-8-33-23-5-2-17(26)14-20(23)29)37-12-9-34-24-6-3-18(27)15-21(24)30/h1-6,13-15H,7-12H2. The van der Waals surface area contributed by atoms with Crippen LogP contribution in [0.1, 0.15) is 0 Å². The van der Waals surface area contributed by atoms with E-state index in [0.29, 0.717) is 47.4 Å². The summed E-state index contributed by atoms with van der Waals surface area (Å²) in [5, 5.41) is 2.37. The molecule has 0 aliphatic rings. The number of benzene rings is 3. The molecule has 0 amide bonds. The van der Waals surface area contributed by atoms with Crippen molar-refractivity contribution in [3.63, 3.8) is 0 Å². The topological polar surface area (TPSA) is 72.5 Å². The van der Waals surface area contributed by atoms with Gasteiger partial charge < -0.3 is 14.2 Å². The van der Waals surface area contributed by atoms with Crippen molar-refractivity contribution in [3.8, 4) is 17.2 Å². The van der Waals surface area contributed by atoms with Crippen LogP contribution in [0.3, 0.4) is 0 Å². The number of halogens is 6. The highest BCUT2D eigenvalue weighted by atomic mass is 35.5. The number of rotatable bonds is 15. The maximum absolute atomic E-state index is 13.2. The van der Waals surface area contributed by atoms with E-state index in [1.807, 2.05) is 0 Å². The van der Waals surface area contributed by atoms with Crippen LogP contribution in [0.15, 0.2) is 54.6 Å². The third kappa shape index (κ3) is 10.5. The Hall–Kier alpha value is -1.09. The molecule has 0 aliphatic heterocycles. The monoisotopic (exact) mass is 662 g/mol. The Kier molecular flexibility index (Phi) is 12.9. The molecule has 206 valence electrons. The van der Waals surface area contributed by atoms with Gasteiger partial charge in [0.15, 0.2) is 0 Å². The summed E-state index contributed by atoms with van der Waals surface area (Å²) in [6, 6.07) is 14.3. The molecule has 0 aliphatic carbocycles. The Morgan fingerprint density at radius 3 is 1.03 bits per heavy atom. The average Bonchev–Trinajstić information content (AvgIpc) is 2.86. The third-order valence-electron chi connectivity index (χ3n) is 4.45. The molecule has 3 aromatic rings. The highest BCUT2D eigenvalue weighted by Gasteiger charge is 2.27. The SMILES string of the molecule is O=P(OCCOc1ccc(Cl)cc1Cl)(OCCOc1ccc(Cl)cc1Cl)OCCOc1ccc(Cl)cc1Cl. The van der Waals surface area contributed by atoms with Crippen molar-refractivity contribution in [1.82, 2.24) is 0 Å². The fourth-order valence-corrected chi connectivity index (χ4v) is 5.30. The lowest BCUT2D eigenvalue weighted by Gasteiger charge is -2.19. The van der Waals surface area contributed by atoms with Crippen LogP contribution in [-0.2, 0) is 18.1 Å². The van der Waals surface area contributed by atoms with Crippen LogP contribution in [0.5, 0.6) is 17.2 Å². The zero-order chi connectivity index (χ0) is 27.5. The summed E-state index contributed by atoms with van der Waals surface area (Å²) in [5.41, 5.74) is 0. The van der Waals surface area contributed by atoms with Crippen molar-refractivity contribution in [2.75, 3.05) is 39.6 Å². The van der Waals surface area contributed by atoms with Gasteiger partial charge in [0.05, 0.1) is 34.9 Å². The van der Waals surface area contributed by atoms with Crippen molar-refractivity contribution in [2.45, 2.75) is 0 Å². The van der Waals surface area contributed by atoms with Crippen LogP contribution in [0.4, 0.5) is 0 Å². The van der Waals surface area contributed by atoms with Crippen molar-refractivity contribution < 1.29 is 32.3 Å². The molecule has 0 spiro atoms. The number of phosphoric ester groups is 1. The van der Waals surface area contributed by atoms with Gasteiger partial charge in [-0.3, -0.25) is 13.6 Å². The molecule has 0 heterocycles. The van der Waals surface area contributed by atoms with E-state index < -0.39 is 7.82 Å². The van der Waals surface area contributed by atoms with Crippen LogP contribution in [0.25, 0.3) is 0 Å². The molecule has 0 aromatic heterocycles. The van der Waals surface area contributed by atoms with Gasteiger partial charge in [-0.05, 0) is 54.6 Å². The van der Waals surface area contributed by atoms with Gasteiger partial charge in [0.25, 0.3) is 0 Å². The zero-order valence-corrected chi connectivity index (χ0v) is 24.9. The Labute approximate surface area is 250 Å². The van der Waals surface area contributed by atoms with Gasteiger partial charge in [-0.1, -0.05) is 69.6 Å². The van der Waals surface area contributed by atoms with E-state index in [1.54, 1.807) is 36.4 Å². The van der Waals surface area contributed by atoms with E-state index in [1.165, 1.54) is 18.2 Å². The third-order valence-corrected chi connectivity index (χ3v) is 7.54. The molecule has 0 radical (unpaired) electrons. The summed E-state index contributed by atoms with van der Waals surface area (Å²) in [5.74, 6) is 1.16. The van der Waals surface area contributed by atoms with E-state index in [0.717, 1.165) is 0 Å². The summed E-state index contributed by atoms with van der Waals surface area (Å²) in [4.78, 5) is 0. The van der Waals surface area contributed by atoms with Crippen molar-refractivity contribution in [2.24, 2.45) is 0 Å². The molecule has 0 unspecified atom stereocenters. The second-order valence-electron chi connectivity index (χ2n) is 7.22. The first-order valence-electron chi connectivity index (χ1n) is 10.9. The quantitative estimate of drug-likeness (QED) is 0.118. The Balaban J connectivity index is 1.51. The molecular weight excluding hydrogens is 644 g/mol. The smallest absolute Gasteiger partial charge is 0.475 e. The maximum atomic E-state index is 13.2. The van der Waals surface area contributed by atoms with E-state index in [4.69, 9.17) is 97.4 Å². The van der Waals surface area contributed by atoms with E-state index in [9.17, 15) is 4.57 Å². The Bertz CT molecular complexity index is 1110. The van der Waals surface area contributed by atoms with Gasteiger partial charge in [0.2, 0.25) is 0 Å². The van der Waals surface area contributed by atoms with Gasteiger partial charge in [-0.25, -0.2) is 4.57 Å². The second-order valence-corrected chi connectivity index (χ2v) is 11.4. The number of ether oxygens (including phenoxy) is 3. The lowest BCUT2D eigenvalue weighted by Crippen LogP contribution is -2.14.